The molecule has 3 heterocycles. The number of carbonyl (C=O) groups is 1. The van der Waals surface area contributed by atoms with Gasteiger partial charge in [-0.15, -0.1) is 16.4 Å². The highest BCUT2D eigenvalue weighted by atomic mass is 35.5. The second kappa shape index (κ2) is 8.21. The van der Waals surface area contributed by atoms with Crippen LogP contribution in [0.25, 0.3) is 16.2 Å². The summed E-state index contributed by atoms with van der Waals surface area (Å²) in [5.74, 6) is -0.379. The number of amides is 1. The van der Waals surface area contributed by atoms with Crippen LogP contribution >= 0.6 is 22.9 Å². The molecular formula is C21H17ClN6O3S. The zero-order chi connectivity index (χ0) is 22.2. The van der Waals surface area contributed by atoms with Crippen LogP contribution in [0, 0.1) is 10.1 Å². The highest BCUT2D eigenvalue weighted by Gasteiger charge is 2.24. The number of nitro benzene ring substituents is 1. The van der Waals surface area contributed by atoms with Crippen LogP contribution in [-0.4, -0.2) is 38.5 Å². The number of nitrogens with one attached hydrogen (secondary N) is 1. The van der Waals surface area contributed by atoms with Gasteiger partial charge >= 0.3 is 0 Å². The molecule has 1 amide bonds. The molecule has 1 aliphatic rings. The van der Waals surface area contributed by atoms with E-state index in [2.05, 4.69) is 15.4 Å². The lowest BCUT2D eigenvalue weighted by atomic mass is 10.1. The van der Waals surface area contributed by atoms with Crippen molar-refractivity contribution >= 4 is 51.1 Å². The summed E-state index contributed by atoms with van der Waals surface area (Å²) in [4.78, 5) is 30.9. The van der Waals surface area contributed by atoms with Crippen molar-refractivity contribution in [2.24, 2.45) is 0 Å². The number of hydrogen-bond donors (Lipinski definition) is 1. The minimum absolute atomic E-state index is 0.0802. The van der Waals surface area contributed by atoms with Crippen molar-refractivity contribution in [1.82, 2.24) is 14.6 Å². The minimum atomic E-state index is -0.507. The summed E-state index contributed by atoms with van der Waals surface area (Å²) >= 11 is 7.35. The summed E-state index contributed by atoms with van der Waals surface area (Å²) in [6.07, 6.45) is 2.00. The predicted molar refractivity (Wildman–Crippen MR) is 124 cm³/mol. The van der Waals surface area contributed by atoms with Gasteiger partial charge in [0.05, 0.1) is 10.6 Å². The molecule has 0 spiro atoms. The van der Waals surface area contributed by atoms with E-state index in [-0.39, 0.29) is 17.2 Å². The quantitative estimate of drug-likeness (QED) is 0.331. The van der Waals surface area contributed by atoms with Crippen molar-refractivity contribution < 1.29 is 9.72 Å². The standard InChI is InChI=1S/C21H17ClN6O3S/c22-15-6-3-13(4-7-15)18-12-32-21-24-20(25-27(18)21)23-19(29)14-5-8-16(17(11-14)28(30)31)26-9-1-2-10-26/h3-8,11-12H,1-2,9-10H2,(H,23,25,29). The molecule has 2 aromatic carbocycles. The van der Waals surface area contributed by atoms with E-state index in [1.807, 2.05) is 22.4 Å². The molecule has 1 aliphatic heterocycles. The smallest absolute Gasteiger partial charge is 0.293 e. The first kappa shape index (κ1) is 20.4. The summed E-state index contributed by atoms with van der Waals surface area (Å²) in [5, 5.41) is 21.2. The Balaban J connectivity index is 1.40. The zero-order valence-electron chi connectivity index (χ0n) is 16.7. The van der Waals surface area contributed by atoms with Gasteiger partial charge in [0, 0.05) is 40.7 Å². The third-order valence-corrected chi connectivity index (χ3v) is 6.40. The third-order valence-electron chi connectivity index (χ3n) is 5.33. The number of rotatable bonds is 5. The second-order valence-electron chi connectivity index (χ2n) is 7.37. The van der Waals surface area contributed by atoms with Crippen LogP contribution in [0.2, 0.25) is 5.02 Å². The van der Waals surface area contributed by atoms with Crippen LogP contribution in [0.5, 0.6) is 0 Å². The maximum Gasteiger partial charge on any atom is 0.293 e. The van der Waals surface area contributed by atoms with E-state index in [9.17, 15) is 14.9 Å². The first-order valence-corrected chi connectivity index (χ1v) is 11.2. The Hall–Kier alpha value is -3.50. The minimum Gasteiger partial charge on any atom is -0.366 e. The van der Waals surface area contributed by atoms with Gasteiger partial charge in [0.15, 0.2) is 0 Å². The molecule has 5 rings (SSSR count). The molecule has 9 nitrogen and oxygen atoms in total. The normalized spacial score (nSPS) is 13.6. The van der Waals surface area contributed by atoms with E-state index in [0.717, 1.165) is 37.2 Å². The number of anilines is 2. The van der Waals surface area contributed by atoms with Gasteiger partial charge in [-0.1, -0.05) is 23.7 Å². The highest BCUT2D eigenvalue weighted by Crippen LogP contribution is 2.32. The van der Waals surface area contributed by atoms with Crippen LogP contribution < -0.4 is 10.2 Å². The molecule has 2 aromatic heterocycles. The topological polar surface area (TPSA) is 106 Å². The Morgan fingerprint density at radius 1 is 1.16 bits per heavy atom. The van der Waals surface area contributed by atoms with Gasteiger partial charge < -0.3 is 4.90 Å². The van der Waals surface area contributed by atoms with E-state index >= 15 is 0 Å². The maximum atomic E-state index is 12.8. The predicted octanol–water partition coefficient (Wildman–Crippen LogP) is 4.87. The van der Waals surface area contributed by atoms with Crippen LogP contribution in [-0.2, 0) is 0 Å². The van der Waals surface area contributed by atoms with Crippen molar-refractivity contribution in [1.29, 1.82) is 0 Å². The molecule has 1 saturated heterocycles. The molecule has 4 aromatic rings. The van der Waals surface area contributed by atoms with Crippen molar-refractivity contribution in [3.63, 3.8) is 0 Å². The van der Waals surface area contributed by atoms with Crippen molar-refractivity contribution in [2.45, 2.75) is 12.8 Å². The molecule has 162 valence electrons. The fourth-order valence-electron chi connectivity index (χ4n) is 3.76. The van der Waals surface area contributed by atoms with Gasteiger partial charge in [-0.2, -0.15) is 4.98 Å². The van der Waals surface area contributed by atoms with Crippen molar-refractivity contribution in [3.05, 3.63) is 68.5 Å². The van der Waals surface area contributed by atoms with Gasteiger partial charge in [-0.3, -0.25) is 20.2 Å². The van der Waals surface area contributed by atoms with E-state index in [1.54, 1.807) is 28.8 Å². The summed E-state index contributed by atoms with van der Waals surface area (Å²) in [7, 11) is 0. The number of hydrogen-bond acceptors (Lipinski definition) is 7. The summed E-state index contributed by atoms with van der Waals surface area (Å²) < 4.78 is 1.64. The van der Waals surface area contributed by atoms with Crippen molar-refractivity contribution in [3.8, 4) is 11.3 Å². The maximum absolute atomic E-state index is 12.8. The average molecular weight is 469 g/mol. The fourth-order valence-corrected chi connectivity index (χ4v) is 4.72. The Kier molecular flexibility index (Phi) is 5.24. The lowest BCUT2D eigenvalue weighted by Crippen LogP contribution is -2.20. The fraction of sp³-hybridized carbons (Fsp3) is 0.190. The Labute approximate surface area is 191 Å². The van der Waals surface area contributed by atoms with Crippen molar-refractivity contribution in [2.75, 3.05) is 23.3 Å². The summed E-state index contributed by atoms with van der Waals surface area (Å²) in [6.45, 7) is 1.55. The molecular weight excluding hydrogens is 452 g/mol. The van der Waals surface area contributed by atoms with Crippen LogP contribution in [0.1, 0.15) is 23.2 Å². The molecule has 0 aliphatic carbocycles. The molecule has 0 bridgehead atoms. The molecule has 1 fully saturated rings. The molecule has 0 unspecified atom stereocenters. The molecule has 11 heteroatoms. The number of thiazole rings is 1. The molecule has 0 atom stereocenters. The van der Waals surface area contributed by atoms with E-state index in [1.165, 1.54) is 17.4 Å². The number of fused-ring (bicyclic) bond motifs is 1. The van der Waals surface area contributed by atoms with Crippen LogP contribution in [0.15, 0.2) is 47.8 Å². The van der Waals surface area contributed by atoms with Gasteiger partial charge in [0.2, 0.25) is 4.96 Å². The second-order valence-corrected chi connectivity index (χ2v) is 8.64. The first-order valence-electron chi connectivity index (χ1n) is 9.94. The number of nitro groups is 1. The Bertz CT molecular complexity index is 1330. The Morgan fingerprint density at radius 3 is 2.62 bits per heavy atom. The number of halogens is 1. The molecule has 1 N–H and O–H groups in total. The third kappa shape index (κ3) is 3.78. The van der Waals surface area contributed by atoms with Crippen LogP contribution in [0.3, 0.4) is 0 Å². The van der Waals surface area contributed by atoms with Gasteiger partial charge in [-0.25, -0.2) is 4.52 Å². The summed E-state index contributed by atoms with van der Waals surface area (Å²) in [5.41, 5.74) is 2.37. The average Bonchev–Trinajstić information content (AvgIpc) is 3.52. The van der Waals surface area contributed by atoms with E-state index < -0.39 is 10.8 Å². The molecule has 32 heavy (non-hydrogen) atoms. The summed E-state index contributed by atoms with van der Waals surface area (Å²) in [6, 6.07) is 11.9. The number of aromatic nitrogens is 3. The molecule has 0 radical (unpaired) electrons. The van der Waals surface area contributed by atoms with Gasteiger partial charge in [0.25, 0.3) is 17.5 Å². The first-order chi connectivity index (χ1) is 15.5. The van der Waals surface area contributed by atoms with E-state index in [0.29, 0.717) is 15.7 Å². The van der Waals surface area contributed by atoms with Gasteiger partial charge in [-0.05, 0) is 37.1 Å². The number of nitrogens with zero attached hydrogens (tertiary/aromatic N) is 5. The number of benzene rings is 2. The van der Waals surface area contributed by atoms with Crippen LogP contribution in [0.4, 0.5) is 17.3 Å². The van der Waals surface area contributed by atoms with E-state index in [4.69, 9.17) is 11.6 Å². The SMILES string of the molecule is O=C(Nc1nc2scc(-c3ccc(Cl)cc3)n2n1)c1ccc(N2CCCC2)c([N+](=O)[O-])c1. The monoisotopic (exact) mass is 468 g/mol. The number of carbonyl (C=O) groups excluding carboxylic acids is 1. The highest BCUT2D eigenvalue weighted by molar-refractivity contribution is 7.15. The lowest BCUT2D eigenvalue weighted by Gasteiger charge is -2.17. The zero-order valence-corrected chi connectivity index (χ0v) is 18.3. The molecule has 0 saturated carbocycles. The van der Waals surface area contributed by atoms with Gasteiger partial charge in [0.1, 0.15) is 5.69 Å². The Morgan fingerprint density at radius 2 is 1.91 bits per heavy atom. The largest absolute Gasteiger partial charge is 0.366 e. The lowest BCUT2D eigenvalue weighted by molar-refractivity contribution is -0.384.